The largest absolute Gasteiger partial charge is 0.480 e. The standard InChI is InChI=1S/C25H34N8O12S2/c26-47(44,45)25-30-29-24(46-25)28-23(43)17(10-16-4-2-1-3-5-16)27-18(34)11-32(13-20(37)38)8-6-31(12-19(35)36)7-9-33(14-21(39)40)15-22(41)42/h1-5,17H,6-15H2,(H,27,34)(H,35,36)(H,37,38)(H,39,40)(H,41,42)(H2,26,44,45)(H,28,29,43)/t17-/m0/s1. The normalized spacial score (nSPS) is 12.2. The highest BCUT2D eigenvalue weighted by molar-refractivity contribution is 7.91. The number of hydrogen-bond donors (Lipinski definition) is 7. The maximum Gasteiger partial charge on any atom is 0.317 e. The van der Waals surface area contributed by atoms with E-state index < -0.39 is 88.8 Å². The summed E-state index contributed by atoms with van der Waals surface area (Å²) in [5.74, 6) is -6.70. The average Bonchev–Trinajstić information content (AvgIpc) is 3.42. The number of rotatable bonds is 22. The molecule has 2 rings (SSSR count). The van der Waals surface area contributed by atoms with Gasteiger partial charge in [0.25, 0.3) is 10.0 Å². The summed E-state index contributed by atoms with van der Waals surface area (Å²) in [5.41, 5.74) is 0.641. The molecule has 1 aromatic heterocycles. The number of primary sulfonamides is 1. The highest BCUT2D eigenvalue weighted by Gasteiger charge is 2.26. The van der Waals surface area contributed by atoms with Crippen molar-refractivity contribution in [1.82, 2.24) is 30.2 Å². The second-order valence-electron chi connectivity index (χ2n) is 9.99. The Hall–Kier alpha value is -4.61. The van der Waals surface area contributed by atoms with E-state index in [2.05, 4.69) is 20.8 Å². The minimum absolute atomic E-state index is 0.0201. The van der Waals surface area contributed by atoms with Gasteiger partial charge in [0.1, 0.15) is 6.04 Å². The summed E-state index contributed by atoms with van der Waals surface area (Å²) in [7, 11) is -4.18. The summed E-state index contributed by atoms with van der Waals surface area (Å²) in [6.45, 7) is -3.41. The van der Waals surface area contributed by atoms with E-state index in [1.165, 1.54) is 9.80 Å². The van der Waals surface area contributed by atoms with Gasteiger partial charge in [-0.15, -0.1) is 10.2 Å². The molecule has 0 aliphatic rings. The first-order valence-corrected chi connectivity index (χ1v) is 15.9. The van der Waals surface area contributed by atoms with Crippen LogP contribution in [0.15, 0.2) is 34.7 Å². The lowest BCUT2D eigenvalue weighted by Crippen LogP contribution is -2.50. The number of amides is 2. The number of nitrogens with zero attached hydrogens (tertiary/aromatic N) is 5. The maximum absolute atomic E-state index is 13.1. The lowest BCUT2D eigenvalue weighted by molar-refractivity contribution is -0.143. The van der Waals surface area contributed by atoms with Crippen molar-refractivity contribution in [2.75, 3.05) is 64.2 Å². The molecule has 0 unspecified atom stereocenters. The number of aliphatic carboxylic acids is 4. The number of sulfonamides is 1. The highest BCUT2D eigenvalue weighted by atomic mass is 32.2. The number of carboxylic acid groups (broad SMARTS) is 4. The Balaban J connectivity index is 2.14. The smallest absolute Gasteiger partial charge is 0.317 e. The molecule has 0 aliphatic carbocycles. The number of carboxylic acids is 4. The van der Waals surface area contributed by atoms with E-state index in [0.29, 0.717) is 16.9 Å². The molecule has 0 fully saturated rings. The van der Waals surface area contributed by atoms with Gasteiger partial charge in [0.05, 0.1) is 32.7 Å². The summed E-state index contributed by atoms with van der Waals surface area (Å²) in [6.07, 6.45) is -0.0201. The molecule has 0 saturated heterocycles. The predicted molar refractivity (Wildman–Crippen MR) is 162 cm³/mol. The third kappa shape index (κ3) is 15.5. The first-order chi connectivity index (χ1) is 22.0. The van der Waals surface area contributed by atoms with Crippen molar-refractivity contribution in [2.45, 2.75) is 16.8 Å². The maximum atomic E-state index is 13.1. The van der Waals surface area contributed by atoms with Gasteiger partial charge in [0.2, 0.25) is 21.3 Å². The number of anilines is 1. The van der Waals surface area contributed by atoms with Gasteiger partial charge in [0, 0.05) is 32.6 Å². The number of carbonyl (C=O) groups excluding carboxylic acids is 2. The van der Waals surface area contributed by atoms with E-state index in [0.717, 1.165) is 4.90 Å². The molecule has 0 aliphatic heterocycles. The van der Waals surface area contributed by atoms with Crippen LogP contribution in [0.5, 0.6) is 0 Å². The van der Waals surface area contributed by atoms with E-state index in [1.54, 1.807) is 30.3 Å². The van der Waals surface area contributed by atoms with Crippen LogP contribution in [-0.4, -0.2) is 154 Å². The first-order valence-electron chi connectivity index (χ1n) is 13.6. The van der Waals surface area contributed by atoms with Gasteiger partial charge >= 0.3 is 23.9 Å². The second-order valence-corrected chi connectivity index (χ2v) is 12.7. The fourth-order valence-corrected chi connectivity index (χ4v) is 5.44. The van der Waals surface area contributed by atoms with Crippen LogP contribution in [-0.2, 0) is 45.2 Å². The molecule has 258 valence electrons. The SMILES string of the molecule is NS(=O)(=O)c1nnc(NC(=O)[C@H](Cc2ccccc2)NC(=O)CN(CCN(CCN(CC(=O)O)CC(=O)O)CC(=O)O)CC(=O)O)s1. The number of hydrogen-bond acceptors (Lipinski definition) is 14. The Labute approximate surface area is 271 Å². The van der Waals surface area contributed by atoms with E-state index >= 15 is 0 Å². The zero-order valence-corrected chi connectivity index (χ0v) is 26.4. The molecule has 0 radical (unpaired) electrons. The van der Waals surface area contributed by atoms with Crippen LogP contribution in [0.2, 0.25) is 0 Å². The fraction of sp³-hybridized carbons (Fsp3) is 0.440. The van der Waals surface area contributed by atoms with E-state index in [1.807, 2.05) is 0 Å². The van der Waals surface area contributed by atoms with Crippen molar-refractivity contribution < 1.29 is 57.6 Å². The Kier molecular flexibility index (Phi) is 15.2. The molecule has 1 heterocycles. The molecule has 8 N–H and O–H groups in total. The van der Waals surface area contributed by atoms with Crippen LogP contribution in [0.4, 0.5) is 5.13 Å². The summed E-state index contributed by atoms with van der Waals surface area (Å²) in [6, 6.07) is 7.29. The molecule has 20 nitrogen and oxygen atoms in total. The minimum Gasteiger partial charge on any atom is -0.480 e. The Bertz CT molecular complexity index is 1510. The van der Waals surface area contributed by atoms with Gasteiger partial charge in [-0.2, -0.15) is 0 Å². The molecular weight excluding hydrogens is 668 g/mol. The second kappa shape index (κ2) is 18.5. The lowest BCUT2D eigenvalue weighted by Gasteiger charge is -2.28. The summed E-state index contributed by atoms with van der Waals surface area (Å²) < 4.78 is 22.5. The fourth-order valence-electron chi connectivity index (χ4n) is 4.10. The third-order valence-electron chi connectivity index (χ3n) is 6.08. The van der Waals surface area contributed by atoms with Crippen molar-refractivity contribution in [1.29, 1.82) is 0 Å². The molecule has 0 bridgehead atoms. The Morgan fingerprint density at radius 3 is 1.68 bits per heavy atom. The third-order valence-corrected chi connectivity index (χ3v) is 8.23. The Morgan fingerprint density at radius 1 is 0.745 bits per heavy atom. The van der Waals surface area contributed by atoms with E-state index in [-0.39, 0.29) is 37.7 Å². The summed E-state index contributed by atoms with van der Waals surface area (Å²) in [5, 5.41) is 53.5. The lowest BCUT2D eigenvalue weighted by atomic mass is 10.1. The topological polar surface area (TPSA) is 303 Å². The molecule has 1 atom stereocenters. The molecule has 22 heteroatoms. The zero-order chi connectivity index (χ0) is 35.1. The van der Waals surface area contributed by atoms with Gasteiger partial charge in [-0.1, -0.05) is 41.7 Å². The van der Waals surface area contributed by atoms with Crippen molar-refractivity contribution in [3.05, 3.63) is 35.9 Å². The van der Waals surface area contributed by atoms with E-state index in [4.69, 9.17) is 15.4 Å². The minimum atomic E-state index is -4.18. The van der Waals surface area contributed by atoms with Gasteiger partial charge in [-0.05, 0) is 5.56 Å². The van der Waals surface area contributed by atoms with E-state index in [9.17, 15) is 47.4 Å². The predicted octanol–water partition coefficient (Wildman–Crippen LogP) is -2.90. The summed E-state index contributed by atoms with van der Waals surface area (Å²) in [4.78, 5) is 75.0. The Morgan fingerprint density at radius 2 is 1.21 bits per heavy atom. The molecule has 0 saturated carbocycles. The zero-order valence-electron chi connectivity index (χ0n) is 24.7. The number of nitrogens with two attached hydrogens (primary N) is 1. The number of benzene rings is 1. The molecular formula is C25H34N8O12S2. The van der Waals surface area contributed by atoms with Crippen LogP contribution in [0.1, 0.15) is 5.56 Å². The quantitative estimate of drug-likeness (QED) is 0.0605. The van der Waals surface area contributed by atoms with Crippen LogP contribution < -0.4 is 15.8 Å². The van der Waals surface area contributed by atoms with Crippen LogP contribution in [0.25, 0.3) is 0 Å². The first kappa shape index (κ1) is 38.6. The molecule has 1 aromatic carbocycles. The van der Waals surface area contributed by atoms with Crippen molar-refractivity contribution in [3.63, 3.8) is 0 Å². The molecule has 2 aromatic rings. The van der Waals surface area contributed by atoms with Crippen LogP contribution in [0.3, 0.4) is 0 Å². The monoisotopic (exact) mass is 702 g/mol. The van der Waals surface area contributed by atoms with Crippen LogP contribution in [0, 0.1) is 0 Å². The number of nitrogens with one attached hydrogen (secondary N) is 2. The number of carbonyl (C=O) groups is 6. The molecule has 47 heavy (non-hydrogen) atoms. The van der Waals surface area contributed by atoms with Crippen molar-refractivity contribution in [2.24, 2.45) is 5.14 Å². The van der Waals surface area contributed by atoms with Gasteiger partial charge in [0.15, 0.2) is 0 Å². The average molecular weight is 703 g/mol. The van der Waals surface area contributed by atoms with Crippen LogP contribution >= 0.6 is 11.3 Å². The van der Waals surface area contributed by atoms with Crippen molar-refractivity contribution >= 4 is 62.2 Å². The molecule has 0 spiro atoms. The van der Waals surface area contributed by atoms with Gasteiger partial charge in [-0.25, -0.2) is 13.6 Å². The number of aromatic nitrogens is 2. The van der Waals surface area contributed by atoms with Gasteiger partial charge in [-0.3, -0.25) is 48.8 Å². The van der Waals surface area contributed by atoms with Gasteiger partial charge < -0.3 is 25.7 Å². The highest BCUT2D eigenvalue weighted by Crippen LogP contribution is 2.19. The van der Waals surface area contributed by atoms with Crippen molar-refractivity contribution in [3.8, 4) is 0 Å². The molecule has 2 amide bonds. The summed E-state index contributed by atoms with van der Waals surface area (Å²) >= 11 is 0.492.